The average molecular weight is 203 g/mol. The summed E-state index contributed by atoms with van der Waals surface area (Å²) in [6, 6.07) is 0. The van der Waals surface area contributed by atoms with Gasteiger partial charge in [0.25, 0.3) is 0 Å². The quantitative estimate of drug-likeness (QED) is 0.637. The summed E-state index contributed by atoms with van der Waals surface area (Å²) in [5.74, 6) is 2.65. The van der Waals surface area contributed by atoms with E-state index in [-0.39, 0.29) is 5.54 Å². The molecule has 0 spiro atoms. The molecule has 0 aliphatic carbocycles. The normalized spacial score (nSPS) is 12.0. The van der Waals surface area contributed by atoms with Crippen molar-refractivity contribution in [2.24, 2.45) is 0 Å². The Hall–Kier alpha value is 0.310. The molecule has 0 radical (unpaired) electrons. The zero-order valence-electron chi connectivity index (χ0n) is 9.65. The molecule has 0 aromatic heterocycles. The third kappa shape index (κ3) is 12.3. The fourth-order valence-corrected chi connectivity index (χ4v) is 2.03. The molecule has 0 amide bonds. The Bertz CT molecular complexity index is 107. The second-order valence-electron chi connectivity index (χ2n) is 4.50. The van der Waals surface area contributed by atoms with Crippen LogP contribution in [0.3, 0.4) is 0 Å². The first-order valence-electron chi connectivity index (χ1n) is 5.39. The first-order valence-corrected chi connectivity index (χ1v) is 6.54. The third-order valence-electron chi connectivity index (χ3n) is 1.76. The maximum atomic E-state index is 3.50. The lowest BCUT2D eigenvalue weighted by Gasteiger charge is -2.20. The Labute approximate surface area is 88.1 Å². The van der Waals surface area contributed by atoms with Crippen molar-refractivity contribution < 1.29 is 0 Å². The van der Waals surface area contributed by atoms with E-state index < -0.39 is 0 Å². The van der Waals surface area contributed by atoms with Gasteiger partial charge in [0.05, 0.1) is 0 Å². The van der Waals surface area contributed by atoms with Gasteiger partial charge < -0.3 is 5.32 Å². The highest BCUT2D eigenvalue weighted by atomic mass is 32.2. The van der Waals surface area contributed by atoms with E-state index in [1.807, 2.05) is 0 Å². The van der Waals surface area contributed by atoms with Crippen LogP contribution in [0.15, 0.2) is 0 Å². The van der Waals surface area contributed by atoms with Crippen LogP contribution in [0.25, 0.3) is 0 Å². The molecule has 0 rings (SSSR count). The molecule has 0 atom stereocenters. The summed E-state index contributed by atoms with van der Waals surface area (Å²) in [7, 11) is 0. The molecule has 0 aromatic carbocycles. The van der Waals surface area contributed by atoms with Crippen LogP contribution in [-0.4, -0.2) is 23.6 Å². The molecule has 0 aliphatic heterocycles. The van der Waals surface area contributed by atoms with Crippen LogP contribution >= 0.6 is 11.8 Å². The highest BCUT2D eigenvalue weighted by molar-refractivity contribution is 7.99. The zero-order chi connectivity index (χ0) is 10.2. The number of nitrogens with one attached hydrogen (secondary N) is 1. The van der Waals surface area contributed by atoms with Crippen LogP contribution < -0.4 is 5.32 Å². The van der Waals surface area contributed by atoms with E-state index >= 15 is 0 Å². The summed E-state index contributed by atoms with van der Waals surface area (Å²) in [4.78, 5) is 0. The van der Waals surface area contributed by atoms with Gasteiger partial charge in [0.2, 0.25) is 0 Å². The van der Waals surface area contributed by atoms with E-state index in [1.165, 1.54) is 30.8 Å². The zero-order valence-corrected chi connectivity index (χ0v) is 10.5. The Morgan fingerprint density at radius 3 is 2.23 bits per heavy atom. The summed E-state index contributed by atoms with van der Waals surface area (Å²) >= 11 is 2.09. The standard InChI is InChI=1S/C11H25NS/c1-5-6-9-13-10-7-8-12-11(2,3)4/h12H,5-10H2,1-4H3. The molecular formula is C11H25NS. The Morgan fingerprint density at radius 1 is 1.08 bits per heavy atom. The molecule has 80 valence electrons. The van der Waals surface area contributed by atoms with Gasteiger partial charge in [0.1, 0.15) is 0 Å². The highest BCUT2D eigenvalue weighted by Crippen LogP contribution is 2.06. The summed E-state index contributed by atoms with van der Waals surface area (Å²) in [5, 5.41) is 3.50. The van der Waals surface area contributed by atoms with E-state index in [9.17, 15) is 0 Å². The van der Waals surface area contributed by atoms with Crippen molar-refractivity contribution in [1.82, 2.24) is 5.32 Å². The number of hydrogen-bond donors (Lipinski definition) is 1. The topological polar surface area (TPSA) is 12.0 Å². The maximum Gasteiger partial charge on any atom is 0.00965 e. The fourth-order valence-electron chi connectivity index (χ4n) is 0.986. The van der Waals surface area contributed by atoms with Crippen molar-refractivity contribution in [3.05, 3.63) is 0 Å². The molecule has 0 fully saturated rings. The van der Waals surface area contributed by atoms with Gasteiger partial charge in [-0.15, -0.1) is 0 Å². The molecule has 0 bridgehead atoms. The van der Waals surface area contributed by atoms with Crippen LogP contribution in [0.2, 0.25) is 0 Å². The fraction of sp³-hybridized carbons (Fsp3) is 1.00. The molecule has 0 aromatic rings. The molecule has 0 aliphatic rings. The average Bonchev–Trinajstić information content (AvgIpc) is 2.01. The lowest BCUT2D eigenvalue weighted by atomic mass is 10.1. The molecule has 13 heavy (non-hydrogen) atoms. The monoisotopic (exact) mass is 203 g/mol. The van der Waals surface area contributed by atoms with Crippen LogP contribution in [0.1, 0.15) is 47.0 Å². The first kappa shape index (κ1) is 13.3. The van der Waals surface area contributed by atoms with Crippen molar-refractivity contribution in [3.8, 4) is 0 Å². The van der Waals surface area contributed by atoms with E-state index in [1.54, 1.807) is 0 Å². The second-order valence-corrected chi connectivity index (χ2v) is 5.72. The minimum atomic E-state index is 0.286. The lowest BCUT2D eigenvalue weighted by Crippen LogP contribution is -2.36. The minimum absolute atomic E-state index is 0.286. The Kier molecular flexibility index (Phi) is 7.87. The maximum absolute atomic E-state index is 3.50. The highest BCUT2D eigenvalue weighted by Gasteiger charge is 2.06. The first-order chi connectivity index (χ1) is 6.06. The van der Waals surface area contributed by atoms with Gasteiger partial charge in [0, 0.05) is 5.54 Å². The summed E-state index contributed by atoms with van der Waals surface area (Å²) in [6.07, 6.45) is 4.00. The SMILES string of the molecule is CCCCSCCCNC(C)(C)C. The van der Waals surface area contributed by atoms with Gasteiger partial charge in [-0.2, -0.15) is 11.8 Å². The number of hydrogen-bond acceptors (Lipinski definition) is 2. The molecule has 0 unspecified atom stereocenters. The van der Waals surface area contributed by atoms with E-state index in [0.29, 0.717) is 0 Å². The van der Waals surface area contributed by atoms with Gasteiger partial charge in [-0.1, -0.05) is 13.3 Å². The van der Waals surface area contributed by atoms with Crippen LogP contribution in [0.5, 0.6) is 0 Å². The van der Waals surface area contributed by atoms with Gasteiger partial charge in [0.15, 0.2) is 0 Å². The van der Waals surface area contributed by atoms with Gasteiger partial charge in [-0.25, -0.2) is 0 Å². The van der Waals surface area contributed by atoms with Gasteiger partial charge >= 0.3 is 0 Å². The summed E-state index contributed by atoms with van der Waals surface area (Å²) in [5.41, 5.74) is 0.286. The van der Waals surface area contributed by atoms with Crippen molar-refractivity contribution in [1.29, 1.82) is 0 Å². The molecule has 0 saturated heterocycles. The van der Waals surface area contributed by atoms with Gasteiger partial charge in [-0.3, -0.25) is 0 Å². The summed E-state index contributed by atoms with van der Waals surface area (Å²) < 4.78 is 0. The van der Waals surface area contributed by atoms with E-state index in [0.717, 1.165) is 6.54 Å². The van der Waals surface area contributed by atoms with Crippen molar-refractivity contribution in [3.63, 3.8) is 0 Å². The second kappa shape index (κ2) is 7.69. The van der Waals surface area contributed by atoms with Crippen LogP contribution in [0, 0.1) is 0 Å². The van der Waals surface area contributed by atoms with Crippen molar-refractivity contribution in [2.45, 2.75) is 52.5 Å². The molecule has 1 nitrogen and oxygen atoms in total. The largest absolute Gasteiger partial charge is 0.312 e. The predicted octanol–water partition coefficient (Wildman–Crippen LogP) is 3.30. The molecule has 0 saturated carbocycles. The van der Waals surface area contributed by atoms with Gasteiger partial charge in [-0.05, 0) is 51.7 Å². The lowest BCUT2D eigenvalue weighted by molar-refractivity contribution is 0.427. The Morgan fingerprint density at radius 2 is 1.69 bits per heavy atom. The van der Waals surface area contributed by atoms with Crippen LogP contribution in [-0.2, 0) is 0 Å². The molecule has 1 N–H and O–H groups in total. The Balaban J connectivity index is 3.00. The number of unbranched alkanes of at least 4 members (excludes halogenated alkanes) is 1. The molecule has 2 heteroatoms. The summed E-state index contributed by atoms with van der Waals surface area (Å²) in [6.45, 7) is 10.1. The smallest absolute Gasteiger partial charge is 0.00965 e. The van der Waals surface area contributed by atoms with E-state index in [4.69, 9.17) is 0 Å². The number of thioether (sulfide) groups is 1. The van der Waals surface area contributed by atoms with Crippen LogP contribution in [0.4, 0.5) is 0 Å². The molecular weight excluding hydrogens is 178 g/mol. The van der Waals surface area contributed by atoms with Crippen molar-refractivity contribution in [2.75, 3.05) is 18.1 Å². The van der Waals surface area contributed by atoms with Crippen molar-refractivity contribution >= 4 is 11.8 Å². The predicted molar refractivity (Wildman–Crippen MR) is 64.6 cm³/mol. The number of rotatable bonds is 7. The third-order valence-corrected chi connectivity index (χ3v) is 2.92. The minimum Gasteiger partial charge on any atom is -0.312 e. The van der Waals surface area contributed by atoms with E-state index in [2.05, 4.69) is 44.8 Å². The molecule has 0 heterocycles.